The SMILES string of the molecule is CC(CC(N)=S)c1ccc(Cl)cc1. The Hall–Kier alpha value is -0.600. The second-order valence-corrected chi connectivity index (χ2v) is 4.08. The van der Waals surface area contributed by atoms with Gasteiger partial charge in [0.2, 0.25) is 0 Å². The predicted octanol–water partition coefficient (Wildman–Crippen LogP) is 3.12. The minimum atomic E-state index is 0.370. The Bertz CT molecular complexity index is 294. The van der Waals surface area contributed by atoms with Crippen LogP contribution < -0.4 is 5.73 Å². The first-order chi connectivity index (χ1) is 6.09. The van der Waals surface area contributed by atoms with E-state index in [9.17, 15) is 0 Å². The van der Waals surface area contributed by atoms with Crippen LogP contribution in [0, 0.1) is 0 Å². The molecule has 13 heavy (non-hydrogen) atoms. The Balaban J connectivity index is 2.71. The molecule has 0 fully saturated rings. The van der Waals surface area contributed by atoms with Gasteiger partial charge in [-0.3, -0.25) is 0 Å². The highest BCUT2D eigenvalue weighted by Crippen LogP contribution is 2.20. The van der Waals surface area contributed by atoms with Gasteiger partial charge in [0.1, 0.15) is 0 Å². The van der Waals surface area contributed by atoms with Gasteiger partial charge in [0.05, 0.1) is 4.99 Å². The minimum Gasteiger partial charge on any atom is -0.393 e. The Morgan fingerprint density at radius 2 is 2.00 bits per heavy atom. The zero-order chi connectivity index (χ0) is 9.84. The first-order valence-corrected chi connectivity index (χ1v) is 4.92. The smallest absolute Gasteiger partial charge is 0.0733 e. The normalized spacial score (nSPS) is 12.5. The van der Waals surface area contributed by atoms with Gasteiger partial charge in [-0.15, -0.1) is 0 Å². The molecule has 1 aromatic rings. The van der Waals surface area contributed by atoms with Crippen molar-refractivity contribution < 1.29 is 0 Å². The van der Waals surface area contributed by atoms with Crippen LogP contribution in [-0.4, -0.2) is 4.99 Å². The average Bonchev–Trinajstić information content (AvgIpc) is 2.04. The molecule has 3 heteroatoms. The van der Waals surface area contributed by atoms with E-state index in [1.807, 2.05) is 24.3 Å². The number of nitrogens with two attached hydrogens (primary N) is 1. The van der Waals surface area contributed by atoms with Crippen molar-refractivity contribution in [2.45, 2.75) is 19.3 Å². The summed E-state index contributed by atoms with van der Waals surface area (Å²) < 4.78 is 0. The Morgan fingerprint density at radius 1 is 1.46 bits per heavy atom. The molecule has 0 radical (unpaired) electrons. The average molecular weight is 214 g/mol. The zero-order valence-electron chi connectivity index (χ0n) is 7.46. The molecule has 2 N–H and O–H groups in total. The maximum Gasteiger partial charge on any atom is 0.0733 e. The predicted molar refractivity (Wildman–Crippen MR) is 61.3 cm³/mol. The van der Waals surface area contributed by atoms with Crippen LogP contribution >= 0.6 is 23.8 Å². The number of hydrogen-bond donors (Lipinski definition) is 1. The van der Waals surface area contributed by atoms with Crippen LogP contribution in [0.1, 0.15) is 24.8 Å². The lowest BCUT2D eigenvalue weighted by Crippen LogP contribution is -2.11. The first kappa shape index (κ1) is 10.5. The Morgan fingerprint density at radius 3 is 2.46 bits per heavy atom. The van der Waals surface area contributed by atoms with Crippen LogP contribution in [0.15, 0.2) is 24.3 Å². The topological polar surface area (TPSA) is 26.0 Å². The van der Waals surface area contributed by atoms with Gasteiger partial charge in [-0.1, -0.05) is 42.9 Å². The molecular weight excluding hydrogens is 202 g/mol. The fraction of sp³-hybridized carbons (Fsp3) is 0.300. The van der Waals surface area contributed by atoms with Crippen molar-refractivity contribution in [3.8, 4) is 0 Å². The van der Waals surface area contributed by atoms with Gasteiger partial charge in [0.15, 0.2) is 0 Å². The van der Waals surface area contributed by atoms with Crippen LogP contribution in [0.2, 0.25) is 5.02 Å². The summed E-state index contributed by atoms with van der Waals surface area (Å²) in [7, 11) is 0. The van der Waals surface area contributed by atoms with Crippen LogP contribution in [0.4, 0.5) is 0 Å². The molecule has 1 atom stereocenters. The van der Waals surface area contributed by atoms with Gasteiger partial charge in [0.25, 0.3) is 0 Å². The van der Waals surface area contributed by atoms with E-state index in [2.05, 4.69) is 6.92 Å². The van der Waals surface area contributed by atoms with Gasteiger partial charge in [0, 0.05) is 11.4 Å². The molecule has 0 spiro atoms. The van der Waals surface area contributed by atoms with E-state index in [0.717, 1.165) is 11.4 Å². The summed E-state index contributed by atoms with van der Waals surface area (Å²) in [6, 6.07) is 7.77. The van der Waals surface area contributed by atoms with Gasteiger partial charge < -0.3 is 5.73 Å². The molecule has 0 aliphatic rings. The molecule has 0 aromatic heterocycles. The highest BCUT2D eigenvalue weighted by atomic mass is 35.5. The highest BCUT2D eigenvalue weighted by molar-refractivity contribution is 7.80. The molecule has 1 nitrogen and oxygen atoms in total. The molecule has 0 heterocycles. The molecule has 1 aromatic carbocycles. The number of rotatable bonds is 3. The van der Waals surface area contributed by atoms with Crippen molar-refractivity contribution in [1.82, 2.24) is 0 Å². The van der Waals surface area contributed by atoms with E-state index in [4.69, 9.17) is 29.6 Å². The van der Waals surface area contributed by atoms with E-state index >= 15 is 0 Å². The Labute approximate surface area is 88.9 Å². The first-order valence-electron chi connectivity index (χ1n) is 4.13. The lowest BCUT2D eigenvalue weighted by Gasteiger charge is -2.10. The molecular formula is C10H12ClNS. The third kappa shape index (κ3) is 3.33. The molecule has 70 valence electrons. The third-order valence-corrected chi connectivity index (χ3v) is 2.37. The molecule has 0 saturated heterocycles. The van der Waals surface area contributed by atoms with E-state index in [-0.39, 0.29) is 0 Å². The summed E-state index contributed by atoms with van der Waals surface area (Å²) in [6.07, 6.45) is 0.747. The number of hydrogen-bond acceptors (Lipinski definition) is 1. The van der Waals surface area contributed by atoms with E-state index in [0.29, 0.717) is 10.9 Å². The lowest BCUT2D eigenvalue weighted by molar-refractivity contribution is 0.807. The zero-order valence-corrected chi connectivity index (χ0v) is 9.03. The summed E-state index contributed by atoms with van der Waals surface area (Å²) in [5, 5.41) is 0.756. The fourth-order valence-corrected chi connectivity index (χ4v) is 1.59. The largest absolute Gasteiger partial charge is 0.393 e. The van der Waals surface area contributed by atoms with Crippen LogP contribution in [0.3, 0.4) is 0 Å². The van der Waals surface area contributed by atoms with E-state index < -0.39 is 0 Å². The summed E-state index contributed by atoms with van der Waals surface area (Å²) in [5.74, 6) is 0.370. The molecule has 1 rings (SSSR count). The fourth-order valence-electron chi connectivity index (χ4n) is 1.21. The number of halogens is 1. The molecule has 0 aliphatic carbocycles. The van der Waals surface area contributed by atoms with Crippen LogP contribution in [-0.2, 0) is 0 Å². The quantitative estimate of drug-likeness (QED) is 0.781. The lowest BCUT2D eigenvalue weighted by atomic mass is 9.98. The van der Waals surface area contributed by atoms with Crippen molar-refractivity contribution in [3.05, 3.63) is 34.9 Å². The monoisotopic (exact) mass is 213 g/mol. The van der Waals surface area contributed by atoms with Crippen LogP contribution in [0.5, 0.6) is 0 Å². The van der Waals surface area contributed by atoms with E-state index in [1.165, 1.54) is 5.56 Å². The number of thiocarbonyl (C=S) groups is 1. The Kier molecular flexibility index (Phi) is 3.70. The second kappa shape index (κ2) is 4.58. The number of benzene rings is 1. The van der Waals surface area contributed by atoms with Gasteiger partial charge in [-0.2, -0.15) is 0 Å². The van der Waals surface area contributed by atoms with Crippen molar-refractivity contribution in [1.29, 1.82) is 0 Å². The summed E-state index contributed by atoms with van der Waals surface area (Å²) in [6.45, 7) is 2.10. The van der Waals surface area contributed by atoms with Crippen LogP contribution in [0.25, 0.3) is 0 Å². The van der Waals surface area contributed by atoms with Gasteiger partial charge in [-0.25, -0.2) is 0 Å². The van der Waals surface area contributed by atoms with Gasteiger partial charge >= 0.3 is 0 Å². The molecule has 0 bridgehead atoms. The summed E-state index contributed by atoms with van der Waals surface area (Å²) >= 11 is 10.6. The van der Waals surface area contributed by atoms with E-state index in [1.54, 1.807) is 0 Å². The standard InChI is InChI=1S/C10H12ClNS/c1-7(6-10(12)13)8-2-4-9(11)5-3-8/h2-5,7H,6H2,1H3,(H2,12,13). The minimum absolute atomic E-state index is 0.370. The molecule has 0 amide bonds. The second-order valence-electron chi connectivity index (χ2n) is 3.12. The molecule has 1 unspecified atom stereocenters. The third-order valence-electron chi connectivity index (χ3n) is 1.95. The van der Waals surface area contributed by atoms with Crippen molar-refractivity contribution in [3.63, 3.8) is 0 Å². The maximum atomic E-state index is 5.77. The molecule has 0 saturated carbocycles. The summed E-state index contributed by atoms with van der Waals surface area (Å²) in [5.41, 5.74) is 6.69. The summed E-state index contributed by atoms with van der Waals surface area (Å²) in [4.78, 5) is 0.558. The van der Waals surface area contributed by atoms with Crippen molar-refractivity contribution in [2.75, 3.05) is 0 Å². The molecule has 0 aliphatic heterocycles. The maximum absolute atomic E-state index is 5.77. The van der Waals surface area contributed by atoms with Gasteiger partial charge in [-0.05, 0) is 23.6 Å². The van der Waals surface area contributed by atoms with Crippen molar-refractivity contribution >= 4 is 28.8 Å². The van der Waals surface area contributed by atoms with Crippen molar-refractivity contribution in [2.24, 2.45) is 5.73 Å². The highest BCUT2D eigenvalue weighted by Gasteiger charge is 2.05.